The van der Waals surface area contributed by atoms with E-state index in [2.05, 4.69) is 50.4 Å². The molecular formula is C40H38N6O4S. The highest BCUT2D eigenvalue weighted by Crippen LogP contribution is 2.40. The molecule has 2 heterocycles. The number of ether oxygens (including phenoxy) is 2. The molecule has 0 radical (unpaired) electrons. The topological polar surface area (TPSA) is 123 Å². The molecule has 1 aliphatic heterocycles. The average Bonchev–Trinajstić information content (AvgIpc) is 3.68. The summed E-state index contributed by atoms with van der Waals surface area (Å²) in [5, 5.41) is 28.5. The van der Waals surface area contributed by atoms with Crippen LogP contribution in [0.2, 0.25) is 0 Å². The van der Waals surface area contributed by atoms with E-state index in [9.17, 15) is 9.90 Å². The number of urea groups is 1. The minimum absolute atomic E-state index is 0.0111. The van der Waals surface area contributed by atoms with Crippen molar-refractivity contribution < 1.29 is 19.4 Å². The SMILES string of the molecule is O=C(NCc1ccccc1)NCc1cccc(-c2ccc([C@H]3O[C@@H](CSc4nnnn4-c4ccccc4)C[C@@H](c4ccc(CO)cc4)O3)cc2)c1. The number of nitrogens with one attached hydrogen (secondary N) is 2. The number of carbonyl (C=O) groups excluding carboxylic acids is 1. The van der Waals surface area contributed by atoms with E-state index in [1.54, 1.807) is 16.4 Å². The molecule has 6 aromatic rings. The van der Waals surface area contributed by atoms with E-state index in [0.29, 0.717) is 30.4 Å². The Bertz CT molecular complexity index is 2010. The maximum absolute atomic E-state index is 12.4. The summed E-state index contributed by atoms with van der Waals surface area (Å²) in [6.07, 6.45) is -0.291. The van der Waals surface area contributed by atoms with Gasteiger partial charge >= 0.3 is 6.03 Å². The summed E-state index contributed by atoms with van der Waals surface area (Å²) in [4.78, 5) is 12.4. The largest absolute Gasteiger partial charge is 0.392 e. The summed E-state index contributed by atoms with van der Waals surface area (Å²) in [6.45, 7) is 0.870. The quantitative estimate of drug-likeness (QED) is 0.115. The lowest BCUT2D eigenvalue weighted by molar-refractivity contribution is -0.245. The number of thioether (sulfide) groups is 1. The fourth-order valence-electron chi connectivity index (χ4n) is 5.91. The Labute approximate surface area is 300 Å². The summed E-state index contributed by atoms with van der Waals surface area (Å²) in [5.41, 5.74) is 7.81. The van der Waals surface area contributed by atoms with Gasteiger partial charge in [0.05, 0.1) is 24.5 Å². The highest BCUT2D eigenvalue weighted by Gasteiger charge is 2.32. The van der Waals surface area contributed by atoms with Crippen molar-refractivity contribution in [1.82, 2.24) is 30.8 Å². The van der Waals surface area contributed by atoms with Crippen LogP contribution in [0.4, 0.5) is 4.79 Å². The van der Waals surface area contributed by atoms with Crippen molar-refractivity contribution in [3.8, 4) is 16.8 Å². The Morgan fingerprint density at radius 3 is 2.18 bits per heavy atom. The first-order valence-electron chi connectivity index (χ1n) is 16.8. The van der Waals surface area contributed by atoms with Crippen LogP contribution in [0.5, 0.6) is 0 Å². The van der Waals surface area contributed by atoms with Crippen LogP contribution in [-0.4, -0.2) is 43.2 Å². The van der Waals surface area contributed by atoms with Crippen molar-refractivity contribution in [3.63, 3.8) is 0 Å². The van der Waals surface area contributed by atoms with Crippen molar-refractivity contribution in [2.45, 2.75) is 49.8 Å². The van der Waals surface area contributed by atoms with Crippen LogP contribution >= 0.6 is 11.8 Å². The average molecular weight is 699 g/mol. The molecule has 0 spiro atoms. The predicted molar refractivity (Wildman–Crippen MR) is 196 cm³/mol. The fourth-order valence-corrected chi connectivity index (χ4v) is 6.82. The Balaban J connectivity index is 1.02. The monoisotopic (exact) mass is 698 g/mol. The van der Waals surface area contributed by atoms with Gasteiger partial charge in [0.1, 0.15) is 0 Å². The fraction of sp³-hybridized carbons (Fsp3) is 0.200. The smallest absolute Gasteiger partial charge is 0.315 e. The van der Waals surface area contributed by atoms with Gasteiger partial charge in [-0.3, -0.25) is 0 Å². The molecule has 0 unspecified atom stereocenters. The molecule has 1 aliphatic rings. The van der Waals surface area contributed by atoms with Crippen molar-refractivity contribution >= 4 is 17.8 Å². The number of amides is 2. The van der Waals surface area contributed by atoms with Crippen LogP contribution in [0.3, 0.4) is 0 Å². The number of nitrogens with zero attached hydrogens (tertiary/aromatic N) is 4. The molecule has 1 saturated heterocycles. The maximum atomic E-state index is 12.4. The maximum Gasteiger partial charge on any atom is 0.315 e. The van der Waals surface area contributed by atoms with Crippen molar-refractivity contribution in [2.24, 2.45) is 0 Å². The van der Waals surface area contributed by atoms with E-state index in [0.717, 1.165) is 44.6 Å². The Kier molecular flexibility index (Phi) is 11.1. The Hall–Kier alpha value is -5.33. The van der Waals surface area contributed by atoms with Crippen LogP contribution in [0.1, 0.15) is 46.6 Å². The first kappa shape index (κ1) is 34.1. The molecule has 0 aliphatic carbocycles. The lowest BCUT2D eigenvalue weighted by Crippen LogP contribution is -2.34. The Morgan fingerprint density at radius 1 is 0.745 bits per heavy atom. The van der Waals surface area contributed by atoms with E-state index >= 15 is 0 Å². The van der Waals surface area contributed by atoms with Gasteiger partial charge in [0.15, 0.2) is 6.29 Å². The zero-order valence-corrected chi connectivity index (χ0v) is 28.7. The number of hydrogen-bond donors (Lipinski definition) is 3. The van der Waals surface area contributed by atoms with Crippen molar-refractivity contribution in [2.75, 3.05) is 5.75 Å². The third-order valence-corrected chi connectivity index (χ3v) is 9.70. The lowest BCUT2D eigenvalue weighted by atomic mass is 9.99. The van der Waals surface area contributed by atoms with Crippen LogP contribution in [-0.2, 0) is 29.2 Å². The van der Waals surface area contributed by atoms with Crippen LogP contribution in [0.15, 0.2) is 139 Å². The van der Waals surface area contributed by atoms with E-state index in [1.807, 2.05) is 109 Å². The number of para-hydroxylation sites is 1. The first-order chi connectivity index (χ1) is 25.1. The minimum Gasteiger partial charge on any atom is -0.392 e. The third-order valence-electron chi connectivity index (χ3n) is 8.65. The van der Waals surface area contributed by atoms with Crippen molar-refractivity contribution in [3.05, 3.63) is 161 Å². The molecule has 0 saturated carbocycles. The van der Waals surface area contributed by atoms with Gasteiger partial charge in [-0.1, -0.05) is 127 Å². The molecule has 3 N–H and O–H groups in total. The van der Waals surface area contributed by atoms with Gasteiger partial charge in [0.2, 0.25) is 5.16 Å². The first-order valence-corrected chi connectivity index (χ1v) is 17.8. The second-order valence-electron chi connectivity index (χ2n) is 12.2. The van der Waals surface area contributed by atoms with Gasteiger partial charge in [-0.25, -0.2) is 4.79 Å². The summed E-state index contributed by atoms with van der Waals surface area (Å²) in [5.74, 6) is 0.626. The van der Waals surface area contributed by atoms with E-state index in [-0.39, 0.29) is 24.8 Å². The number of benzene rings is 5. The van der Waals surface area contributed by atoms with Gasteiger partial charge in [-0.2, -0.15) is 4.68 Å². The molecule has 1 fully saturated rings. The third kappa shape index (κ3) is 8.89. The molecule has 0 bridgehead atoms. The van der Waals surface area contributed by atoms with Gasteiger partial charge in [0.25, 0.3) is 0 Å². The number of aliphatic hydroxyl groups is 1. The number of aliphatic hydroxyl groups excluding tert-OH is 1. The van der Waals surface area contributed by atoms with E-state index < -0.39 is 6.29 Å². The molecule has 10 nitrogen and oxygen atoms in total. The van der Waals surface area contributed by atoms with Gasteiger partial charge in [-0.05, 0) is 62.0 Å². The minimum atomic E-state index is -0.587. The highest BCUT2D eigenvalue weighted by molar-refractivity contribution is 7.99. The van der Waals surface area contributed by atoms with Gasteiger partial charge in [0, 0.05) is 30.8 Å². The molecule has 3 atom stereocenters. The van der Waals surface area contributed by atoms with E-state index in [4.69, 9.17) is 9.47 Å². The zero-order valence-electron chi connectivity index (χ0n) is 27.8. The van der Waals surface area contributed by atoms with Crippen LogP contribution in [0.25, 0.3) is 16.8 Å². The molecule has 5 aromatic carbocycles. The molecule has 258 valence electrons. The highest BCUT2D eigenvalue weighted by atomic mass is 32.2. The molecular weight excluding hydrogens is 661 g/mol. The Morgan fingerprint density at radius 2 is 1.43 bits per heavy atom. The number of carbonyl (C=O) groups is 1. The molecule has 7 rings (SSSR count). The standard InChI is InChI=1S/C40H38N6O4S/c47-26-29-14-16-32(17-15-29)37-23-36(27-51-40-43-44-45-46(40)35-12-5-2-6-13-35)49-38(50-37)33-20-18-31(19-21-33)34-11-7-10-30(22-34)25-42-39(48)41-24-28-8-3-1-4-9-28/h1-22,36-38,47H,23-27H2,(H2,41,42,48)/t36-,37+,38+/m1/s1. The van der Waals surface area contributed by atoms with Crippen LogP contribution < -0.4 is 10.6 Å². The summed E-state index contributed by atoms with van der Waals surface area (Å²) < 4.78 is 14.9. The molecule has 51 heavy (non-hydrogen) atoms. The molecule has 1 aromatic heterocycles. The predicted octanol–water partition coefficient (Wildman–Crippen LogP) is 7.16. The van der Waals surface area contributed by atoms with E-state index in [1.165, 1.54) is 0 Å². The molecule has 2 amide bonds. The summed E-state index contributed by atoms with van der Waals surface area (Å²) in [7, 11) is 0. The summed E-state index contributed by atoms with van der Waals surface area (Å²) in [6, 6.07) is 43.7. The number of hydrogen-bond acceptors (Lipinski definition) is 8. The number of aromatic nitrogens is 4. The molecule has 11 heteroatoms. The second-order valence-corrected chi connectivity index (χ2v) is 13.2. The summed E-state index contributed by atoms with van der Waals surface area (Å²) >= 11 is 1.55. The number of rotatable bonds is 12. The van der Waals surface area contributed by atoms with Gasteiger partial charge in [-0.15, -0.1) is 5.10 Å². The van der Waals surface area contributed by atoms with Crippen molar-refractivity contribution in [1.29, 1.82) is 0 Å². The normalized spacial score (nSPS) is 17.2. The zero-order chi connectivity index (χ0) is 34.8. The van der Waals surface area contributed by atoms with Gasteiger partial charge < -0.3 is 25.2 Å². The second kappa shape index (κ2) is 16.6. The number of tetrazole rings is 1. The lowest BCUT2D eigenvalue weighted by Gasteiger charge is -2.36. The van der Waals surface area contributed by atoms with Crippen LogP contribution in [0, 0.1) is 0 Å².